The molecule has 0 fully saturated rings. The number of aliphatic hydroxyl groups excluding tert-OH is 1. The molecular weight excluding hydrogens is 871 g/mol. The van der Waals surface area contributed by atoms with E-state index in [0.717, 1.165) is 38.5 Å². The van der Waals surface area contributed by atoms with Crippen molar-refractivity contribution in [3.63, 3.8) is 0 Å². The fourth-order valence-electron chi connectivity index (χ4n) is 8.64. The number of pyridine rings is 2. The molecule has 0 amide bonds. The minimum atomic E-state index is -0.495. The number of carbonyl (C=O) groups excluding carboxylic acids is 1. The molecule has 0 radical (unpaired) electrons. The Bertz CT molecular complexity index is 1940. The second-order valence-electron chi connectivity index (χ2n) is 19.2. The van der Waals surface area contributed by atoms with E-state index in [2.05, 4.69) is 30.7 Å². The molecule has 0 atom stereocenters. The second-order valence-corrected chi connectivity index (χ2v) is 19.2. The smallest absolute Gasteiger partial charge is 0.343 e. The van der Waals surface area contributed by atoms with Gasteiger partial charge in [0.1, 0.15) is 5.75 Å². The number of nitrogens with zero attached hydrogens (tertiary/aromatic N) is 3. The first-order valence-electron chi connectivity index (χ1n) is 28.0. The van der Waals surface area contributed by atoms with Crippen LogP contribution in [0.5, 0.6) is 23.0 Å². The van der Waals surface area contributed by atoms with Crippen molar-refractivity contribution >= 4 is 17.9 Å². The number of aliphatic hydroxyl groups is 1. The van der Waals surface area contributed by atoms with Gasteiger partial charge in [0.25, 0.3) is 0 Å². The molecule has 0 spiro atoms. The fraction of sp³-hybridized carbons (Fsp3) is 0.607. The zero-order chi connectivity index (χ0) is 49.5. The molecule has 0 unspecified atom stereocenters. The number of benzene rings is 2. The summed E-state index contributed by atoms with van der Waals surface area (Å²) in [6.07, 6.45) is 39.1. The Kier molecular flexibility index (Phi) is 31.4. The zero-order valence-electron chi connectivity index (χ0n) is 43.9. The van der Waals surface area contributed by atoms with Gasteiger partial charge in [-0.15, -0.1) is 0 Å². The normalized spacial score (nSPS) is 11.4. The van der Waals surface area contributed by atoms with Crippen LogP contribution in [-0.2, 0) is 6.61 Å². The van der Waals surface area contributed by atoms with Gasteiger partial charge in [0.2, 0.25) is 5.75 Å². The number of unbranched alkanes of at least 4 members (excludes halogenated alkanes) is 27. The molecule has 386 valence electrons. The van der Waals surface area contributed by atoms with Crippen molar-refractivity contribution in [2.24, 2.45) is 4.99 Å². The molecule has 9 nitrogen and oxygen atoms in total. The van der Waals surface area contributed by atoms with Crippen LogP contribution in [0.3, 0.4) is 0 Å². The number of hydrogen-bond donors (Lipinski definition) is 1. The maximum absolute atomic E-state index is 14.0. The van der Waals surface area contributed by atoms with E-state index in [4.69, 9.17) is 23.9 Å². The first kappa shape index (κ1) is 57.8. The van der Waals surface area contributed by atoms with Gasteiger partial charge in [-0.3, -0.25) is 4.99 Å². The standard InChI is InChI=1S/C61H91N3O6/c1-4-7-10-13-16-19-22-25-28-31-44-67-58-47-51(61(66)70-55-42-40-52(41-43-55)62-49-53-36-34-38-56(63-53)57-39-35-37-54(50-65)64-57)48-59(68-45-32-29-26-23-20-17-14-11-8-5-2)60(58)69-46-33-30-27-24-21-18-15-12-9-6-3/h34-43,47-49,65H,4-33,44-46,50H2,1-3H3. The average Bonchev–Trinajstić information content (AvgIpc) is 3.39. The molecule has 0 aliphatic carbocycles. The number of carbonyl (C=O) groups is 1. The highest BCUT2D eigenvalue weighted by Crippen LogP contribution is 2.40. The number of rotatable bonds is 42. The van der Waals surface area contributed by atoms with Gasteiger partial charge in [0, 0.05) is 0 Å². The number of ether oxygens (including phenoxy) is 4. The molecule has 0 bridgehead atoms. The molecule has 4 aromatic rings. The van der Waals surface area contributed by atoms with Crippen molar-refractivity contribution < 1.29 is 28.8 Å². The van der Waals surface area contributed by atoms with Crippen LogP contribution in [0.1, 0.15) is 235 Å². The summed E-state index contributed by atoms with van der Waals surface area (Å²) in [6.45, 7) is 8.32. The quantitative estimate of drug-likeness (QED) is 0.0202. The lowest BCUT2D eigenvalue weighted by atomic mass is 10.1. The molecule has 0 saturated heterocycles. The van der Waals surface area contributed by atoms with Gasteiger partial charge in [0.15, 0.2) is 11.5 Å². The van der Waals surface area contributed by atoms with Gasteiger partial charge in [-0.05, 0) is 79.9 Å². The lowest BCUT2D eigenvalue weighted by molar-refractivity contribution is 0.0733. The van der Waals surface area contributed by atoms with E-state index in [0.29, 0.717) is 76.8 Å². The Morgan fingerprint density at radius 2 is 0.914 bits per heavy atom. The molecule has 0 saturated carbocycles. The number of hydrogen-bond acceptors (Lipinski definition) is 9. The summed E-state index contributed by atoms with van der Waals surface area (Å²) >= 11 is 0. The molecule has 9 heteroatoms. The van der Waals surface area contributed by atoms with Crippen LogP contribution in [0.25, 0.3) is 11.4 Å². The third-order valence-electron chi connectivity index (χ3n) is 12.9. The van der Waals surface area contributed by atoms with Crippen molar-refractivity contribution in [1.82, 2.24) is 9.97 Å². The van der Waals surface area contributed by atoms with Gasteiger partial charge in [-0.25, -0.2) is 14.8 Å². The van der Waals surface area contributed by atoms with E-state index in [-0.39, 0.29) is 6.61 Å². The molecule has 2 heterocycles. The van der Waals surface area contributed by atoms with Gasteiger partial charge in [0.05, 0.1) is 66.7 Å². The van der Waals surface area contributed by atoms with E-state index < -0.39 is 5.97 Å². The summed E-state index contributed by atoms with van der Waals surface area (Å²) < 4.78 is 25.6. The van der Waals surface area contributed by atoms with Crippen molar-refractivity contribution in [3.05, 3.63) is 89.7 Å². The second kappa shape index (κ2) is 38.0. The summed E-state index contributed by atoms with van der Waals surface area (Å²) in [5.41, 5.74) is 3.66. The molecule has 70 heavy (non-hydrogen) atoms. The fourth-order valence-corrected chi connectivity index (χ4v) is 8.64. The zero-order valence-corrected chi connectivity index (χ0v) is 43.9. The van der Waals surface area contributed by atoms with Gasteiger partial charge < -0.3 is 24.1 Å². The molecule has 2 aromatic carbocycles. The van der Waals surface area contributed by atoms with Gasteiger partial charge in [-0.2, -0.15) is 0 Å². The third kappa shape index (κ3) is 24.9. The minimum absolute atomic E-state index is 0.134. The number of aliphatic imine (C=N–C) groups is 1. The summed E-state index contributed by atoms with van der Waals surface area (Å²) in [7, 11) is 0. The Balaban J connectivity index is 1.43. The Hall–Kier alpha value is -4.76. The van der Waals surface area contributed by atoms with Gasteiger partial charge in [-0.1, -0.05) is 206 Å². The highest BCUT2D eigenvalue weighted by Gasteiger charge is 2.21. The van der Waals surface area contributed by atoms with Crippen LogP contribution >= 0.6 is 0 Å². The monoisotopic (exact) mass is 962 g/mol. The average molecular weight is 962 g/mol. The third-order valence-corrected chi connectivity index (χ3v) is 12.9. The first-order valence-corrected chi connectivity index (χ1v) is 28.0. The highest BCUT2D eigenvalue weighted by atomic mass is 16.5. The first-order chi connectivity index (χ1) is 34.5. The van der Waals surface area contributed by atoms with Crippen LogP contribution in [-0.4, -0.2) is 47.1 Å². The Labute approximate surface area is 424 Å². The molecular formula is C61H91N3O6. The number of aromatic nitrogens is 2. The summed E-state index contributed by atoms with van der Waals surface area (Å²) in [5.74, 6) is 1.57. The maximum Gasteiger partial charge on any atom is 0.343 e. The molecule has 1 N–H and O–H groups in total. The Morgan fingerprint density at radius 3 is 1.37 bits per heavy atom. The van der Waals surface area contributed by atoms with Crippen molar-refractivity contribution in [3.8, 4) is 34.4 Å². The topological polar surface area (TPSA) is 112 Å². The summed E-state index contributed by atoms with van der Waals surface area (Å²) in [4.78, 5) is 27.8. The lowest BCUT2D eigenvalue weighted by Gasteiger charge is -2.19. The predicted octanol–water partition coefficient (Wildman–Crippen LogP) is 17.5. The van der Waals surface area contributed by atoms with Gasteiger partial charge >= 0.3 is 5.97 Å². The van der Waals surface area contributed by atoms with Crippen molar-refractivity contribution in [1.29, 1.82) is 0 Å². The molecule has 0 aliphatic heterocycles. The minimum Gasteiger partial charge on any atom is -0.490 e. The molecule has 0 aliphatic rings. The predicted molar refractivity (Wildman–Crippen MR) is 291 cm³/mol. The van der Waals surface area contributed by atoms with Crippen LogP contribution in [0.2, 0.25) is 0 Å². The SMILES string of the molecule is CCCCCCCCCCCCOc1cc(C(=O)Oc2ccc(N=Cc3cccc(-c4cccc(CO)n4)n3)cc2)cc(OCCCCCCCCCCCC)c1OCCCCCCCCCCCC. The highest BCUT2D eigenvalue weighted by molar-refractivity contribution is 5.92. The van der Waals surface area contributed by atoms with Crippen LogP contribution in [0.4, 0.5) is 5.69 Å². The van der Waals surface area contributed by atoms with Crippen molar-refractivity contribution in [2.45, 2.75) is 220 Å². The molecule has 4 rings (SSSR count). The van der Waals surface area contributed by atoms with Crippen LogP contribution in [0.15, 0.2) is 77.8 Å². The van der Waals surface area contributed by atoms with Crippen LogP contribution in [0, 0.1) is 0 Å². The van der Waals surface area contributed by atoms with Crippen LogP contribution < -0.4 is 18.9 Å². The summed E-state index contributed by atoms with van der Waals surface area (Å²) in [5, 5.41) is 9.52. The summed E-state index contributed by atoms with van der Waals surface area (Å²) in [6, 6.07) is 21.8. The van der Waals surface area contributed by atoms with E-state index >= 15 is 0 Å². The van der Waals surface area contributed by atoms with E-state index in [1.807, 2.05) is 42.5 Å². The Morgan fingerprint density at radius 1 is 0.500 bits per heavy atom. The van der Waals surface area contributed by atoms with E-state index in [9.17, 15) is 9.90 Å². The number of esters is 1. The molecule has 2 aromatic heterocycles. The van der Waals surface area contributed by atoms with Crippen molar-refractivity contribution in [2.75, 3.05) is 19.8 Å². The van der Waals surface area contributed by atoms with E-state index in [1.54, 1.807) is 36.5 Å². The maximum atomic E-state index is 14.0. The largest absolute Gasteiger partial charge is 0.490 e. The van der Waals surface area contributed by atoms with E-state index in [1.165, 1.54) is 154 Å². The lowest BCUT2D eigenvalue weighted by Crippen LogP contribution is -2.12.